The fraction of sp³-hybridized carbons (Fsp3) is 0.833. The normalized spacial score (nSPS) is 14.4. The molecule has 0 aromatic rings. The Morgan fingerprint density at radius 1 is 1.25 bits per heavy atom. The highest BCUT2D eigenvalue weighted by molar-refractivity contribution is 5.89. The van der Waals surface area contributed by atoms with Gasteiger partial charge < -0.3 is 9.84 Å². The standard InChI is InChI=1S/C12H22O4/c1-4-5-6-7-8-12(16-3,10(2)13)9-11(14)15/h4-9H2,1-3H3,(H,14,15). The molecule has 1 N–H and O–H groups in total. The predicted octanol–water partition coefficient (Wildman–Crippen LogP) is 2.41. The molecular weight excluding hydrogens is 208 g/mol. The molecule has 0 aliphatic rings. The molecule has 0 spiro atoms. The van der Waals surface area contributed by atoms with E-state index in [9.17, 15) is 9.59 Å². The Morgan fingerprint density at radius 3 is 2.25 bits per heavy atom. The number of carboxylic acid groups (broad SMARTS) is 1. The highest BCUT2D eigenvalue weighted by atomic mass is 16.5. The molecule has 0 aliphatic carbocycles. The number of rotatable bonds is 9. The third-order valence-electron chi connectivity index (χ3n) is 2.90. The molecule has 1 unspecified atom stereocenters. The van der Waals surface area contributed by atoms with Crippen molar-refractivity contribution in [2.45, 2.75) is 58.0 Å². The summed E-state index contributed by atoms with van der Waals surface area (Å²) >= 11 is 0. The number of unbranched alkanes of at least 4 members (excludes halogenated alkanes) is 3. The summed E-state index contributed by atoms with van der Waals surface area (Å²) in [7, 11) is 1.41. The van der Waals surface area contributed by atoms with Gasteiger partial charge in [0.15, 0.2) is 5.78 Å². The third kappa shape index (κ3) is 4.75. The molecule has 0 aliphatic heterocycles. The van der Waals surface area contributed by atoms with E-state index in [1.54, 1.807) is 0 Å². The van der Waals surface area contributed by atoms with E-state index in [-0.39, 0.29) is 12.2 Å². The van der Waals surface area contributed by atoms with Crippen LogP contribution in [0.2, 0.25) is 0 Å². The molecule has 0 fully saturated rings. The van der Waals surface area contributed by atoms with Crippen molar-refractivity contribution in [2.75, 3.05) is 7.11 Å². The fourth-order valence-electron chi connectivity index (χ4n) is 1.79. The third-order valence-corrected chi connectivity index (χ3v) is 2.90. The Bertz CT molecular complexity index is 237. The molecule has 4 nitrogen and oxygen atoms in total. The van der Waals surface area contributed by atoms with Crippen molar-refractivity contribution in [3.63, 3.8) is 0 Å². The largest absolute Gasteiger partial charge is 0.481 e. The first-order chi connectivity index (χ1) is 7.48. The van der Waals surface area contributed by atoms with Gasteiger partial charge >= 0.3 is 5.97 Å². The maximum Gasteiger partial charge on any atom is 0.306 e. The smallest absolute Gasteiger partial charge is 0.306 e. The van der Waals surface area contributed by atoms with E-state index in [0.717, 1.165) is 25.7 Å². The second-order valence-corrected chi connectivity index (χ2v) is 4.14. The zero-order chi connectivity index (χ0) is 12.6. The van der Waals surface area contributed by atoms with Crippen LogP contribution in [-0.4, -0.2) is 29.6 Å². The molecule has 0 radical (unpaired) electrons. The SMILES string of the molecule is CCCCCCC(CC(=O)O)(OC)C(C)=O. The van der Waals surface area contributed by atoms with Gasteiger partial charge in [-0.15, -0.1) is 0 Å². The van der Waals surface area contributed by atoms with Crippen LogP contribution in [0.15, 0.2) is 0 Å². The van der Waals surface area contributed by atoms with E-state index < -0.39 is 11.6 Å². The number of hydrogen-bond acceptors (Lipinski definition) is 3. The molecule has 1 atom stereocenters. The summed E-state index contributed by atoms with van der Waals surface area (Å²) < 4.78 is 5.16. The lowest BCUT2D eigenvalue weighted by atomic mass is 9.88. The first kappa shape index (κ1) is 15.1. The molecule has 0 rings (SSSR count). The van der Waals surface area contributed by atoms with Crippen LogP contribution in [0.3, 0.4) is 0 Å². The van der Waals surface area contributed by atoms with Gasteiger partial charge in [-0.1, -0.05) is 32.6 Å². The van der Waals surface area contributed by atoms with Crippen LogP contribution in [0, 0.1) is 0 Å². The van der Waals surface area contributed by atoms with Gasteiger partial charge in [-0.3, -0.25) is 9.59 Å². The summed E-state index contributed by atoms with van der Waals surface area (Å²) in [4.78, 5) is 22.2. The van der Waals surface area contributed by atoms with Crippen LogP contribution < -0.4 is 0 Å². The molecule has 0 saturated carbocycles. The molecule has 0 aromatic heterocycles. The lowest BCUT2D eigenvalue weighted by molar-refractivity contribution is -0.154. The van der Waals surface area contributed by atoms with Crippen LogP contribution in [0.5, 0.6) is 0 Å². The number of carbonyl (C=O) groups excluding carboxylic acids is 1. The number of hydrogen-bond donors (Lipinski definition) is 1. The van der Waals surface area contributed by atoms with Gasteiger partial charge in [0.25, 0.3) is 0 Å². The van der Waals surface area contributed by atoms with E-state index >= 15 is 0 Å². The topological polar surface area (TPSA) is 63.6 Å². The number of carboxylic acids is 1. The monoisotopic (exact) mass is 230 g/mol. The van der Waals surface area contributed by atoms with Crippen LogP contribution in [0.25, 0.3) is 0 Å². The van der Waals surface area contributed by atoms with Crippen molar-refractivity contribution in [1.29, 1.82) is 0 Å². The van der Waals surface area contributed by atoms with Crippen molar-refractivity contribution in [2.24, 2.45) is 0 Å². The molecule has 94 valence electrons. The molecule has 0 bridgehead atoms. The molecular formula is C12H22O4. The van der Waals surface area contributed by atoms with Gasteiger partial charge in [-0.2, -0.15) is 0 Å². The lowest BCUT2D eigenvalue weighted by Gasteiger charge is -2.28. The average Bonchev–Trinajstić information content (AvgIpc) is 2.21. The van der Waals surface area contributed by atoms with Gasteiger partial charge in [0.1, 0.15) is 5.60 Å². The first-order valence-corrected chi connectivity index (χ1v) is 5.76. The Kier molecular flexibility index (Phi) is 6.97. The van der Waals surface area contributed by atoms with Crippen molar-refractivity contribution >= 4 is 11.8 Å². The maximum atomic E-state index is 11.5. The van der Waals surface area contributed by atoms with Crippen molar-refractivity contribution in [1.82, 2.24) is 0 Å². The quantitative estimate of drug-likeness (QED) is 0.618. The summed E-state index contributed by atoms with van der Waals surface area (Å²) in [5, 5.41) is 8.80. The lowest BCUT2D eigenvalue weighted by Crippen LogP contribution is -2.41. The van der Waals surface area contributed by atoms with Gasteiger partial charge in [0.05, 0.1) is 6.42 Å². The van der Waals surface area contributed by atoms with Crippen LogP contribution in [0.4, 0.5) is 0 Å². The zero-order valence-electron chi connectivity index (χ0n) is 10.4. The van der Waals surface area contributed by atoms with Crippen LogP contribution in [-0.2, 0) is 14.3 Å². The second kappa shape index (κ2) is 7.39. The second-order valence-electron chi connectivity index (χ2n) is 4.14. The minimum Gasteiger partial charge on any atom is -0.481 e. The Balaban J connectivity index is 4.39. The van der Waals surface area contributed by atoms with E-state index in [0.29, 0.717) is 6.42 Å². The summed E-state index contributed by atoms with van der Waals surface area (Å²) in [5.41, 5.74) is -1.13. The number of carbonyl (C=O) groups is 2. The fourth-order valence-corrected chi connectivity index (χ4v) is 1.79. The number of methoxy groups -OCH3 is 1. The Hall–Kier alpha value is -0.900. The van der Waals surface area contributed by atoms with Crippen molar-refractivity contribution < 1.29 is 19.4 Å². The number of Topliss-reactive ketones (excluding diaryl/α,β-unsaturated/α-hetero) is 1. The maximum absolute atomic E-state index is 11.5. The molecule has 4 heteroatoms. The minimum absolute atomic E-state index is 0.200. The van der Waals surface area contributed by atoms with E-state index in [1.807, 2.05) is 0 Å². The van der Waals surface area contributed by atoms with Gasteiger partial charge in [0, 0.05) is 7.11 Å². The number of ether oxygens (including phenoxy) is 1. The van der Waals surface area contributed by atoms with E-state index in [4.69, 9.17) is 9.84 Å². The predicted molar refractivity (Wildman–Crippen MR) is 61.4 cm³/mol. The van der Waals surface area contributed by atoms with Crippen LogP contribution in [0.1, 0.15) is 52.4 Å². The summed E-state index contributed by atoms with van der Waals surface area (Å²) in [6.45, 7) is 3.50. The molecule has 0 heterocycles. The molecule has 0 aromatic carbocycles. The Morgan fingerprint density at radius 2 is 1.88 bits per heavy atom. The number of ketones is 1. The first-order valence-electron chi connectivity index (χ1n) is 5.76. The van der Waals surface area contributed by atoms with Crippen molar-refractivity contribution in [3.05, 3.63) is 0 Å². The van der Waals surface area contributed by atoms with Crippen LogP contribution >= 0.6 is 0 Å². The van der Waals surface area contributed by atoms with Gasteiger partial charge in [-0.05, 0) is 13.3 Å². The van der Waals surface area contributed by atoms with Crippen molar-refractivity contribution in [3.8, 4) is 0 Å². The van der Waals surface area contributed by atoms with E-state index in [1.165, 1.54) is 14.0 Å². The summed E-state index contributed by atoms with van der Waals surface area (Å²) in [6, 6.07) is 0. The zero-order valence-corrected chi connectivity index (χ0v) is 10.4. The van der Waals surface area contributed by atoms with E-state index in [2.05, 4.69) is 6.92 Å². The molecule has 0 amide bonds. The highest BCUT2D eigenvalue weighted by Gasteiger charge is 2.37. The number of aliphatic carboxylic acids is 1. The summed E-state index contributed by atoms with van der Waals surface area (Å²) in [6.07, 6.45) is 4.29. The Labute approximate surface area is 97.0 Å². The van der Waals surface area contributed by atoms with Gasteiger partial charge in [0.2, 0.25) is 0 Å². The highest BCUT2D eigenvalue weighted by Crippen LogP contribution is 2.24. The van der Waals surface area contributed by atoms with Gasteiger partial charge in [-0.25, -0.2) is 0 Å². The molecule has 16 heavy (non-hydrogen) atoms. The average molecular weight is 230 g/mol. The molecule has 0 saturated heterocycles. The minimum atomic E-state index is -1.13. The summed E-state index contributed by atoms with van der Waals surface area (Å²) in [5.74, 6) is -1.19.